The number of carbonyl (C=O) groups is 2. The normalized spacial score (nSPS) is 12.0. The fourth-order valence-electron chi connectivity index (χ4n) is 4.11. The third-order valence-electron chi connectivity index (χ3n) is 6.47. The van der Waals surface area contributed by atoms with E-state index < -0.39 is 28.5 Å². The highest BCUT2D eigenvalue weighted by atomic mass is 35.5. The Morgan fingerprint density at radius 2 is 1.60 bits per heavy atom. The number of nitrogens with zero attached hydrogens (tertiary/aromatic N) is 2. The predicted octanol–water partition coefficient (Wildman–Crippen LogP) is 6.25. The summed E-state index contributed by atoms with van der Waals surface area (Å²) in [5.74, 6) is -0.426. The Bertz CT molecular complexity index is 1450. The number of carbonyl (C=O) groups excluding carboxylic acids is 2. The Kier molecular flexibility index (Phi) is 12.4. The van der Waals surface area contributed by atoms with Gasteiger partial charge in [0, 0.05) is 33.6 Å². The molecule has 3 aromatic rings. The summed E-state index contributed by atoms with van der Waals surface area (Å²) in [6.07, 6.45) is 2.61. The molecule has 0 unspecified atom stereocenters. The molecule has 8 nitrogen and oxygen atoms in total. The molecule has 226 valence electrons. The van der Waals surface area contributed by atoms with Crippen LogP contribution in [0.3, 0.4) is 0 Å². The number of hydrogen-bond donors (Lipinski definition) is 1. The first-order valence-corrected chi connectivity index (χ1v) is 16.8. The quantitative estimate of drug-likeness (QED) is 0.207. The maximum Gasteiger partial charge on any atom is 0.264 e. The molecule has 1 atom stereocenters. The Morgan fingerprint density at radius 1 is 0.976 bits per heavy atom. The Balaban J connectivity index is 2.06. The minimum absolute atomic E-state index is 0.0245. The Labute approximate surface area is 262 Å². The summed E-state index contributed by atoms with van der Waals surface area (Å²) >= 11 is 14.3. The first-order chi connectivity index (χ1) is 20.0. The highest BCUT2D eigenvalue weighted by molar-refractivity contribution is 7.98. The van der Waals surface area contributed by atoms with Crippen LogP contribution in [0.25, 0.3) is 0 Å². The minimum Gasteiger partial charge on any atom is -0.494 e. The van der Waals surface area contributed by atoms with Crippen molar-refractivity contribution in [2.75, 3.05) is 30.3 Å². The van der Waals surface area contributed by atoms with Gasteiger partial charge in [-0.1, -0.05) is 36.2 Å². The summed E-state index contributed by atoms with van der Waals surface area (Å²) in [6, 6.07) is 16.9. The molecule has 3 rings (SSSR count). The molecule has 0 bridgehead atoms. The van der Waals surface area contributed by atoms with Crippen molar-refractivity contribution < 1.29 is 22.7 Å². The summed E-state index contributed by atoms with van der Waals surface area (Å²) in [7, 11) is -4.20. The lowest BCUT2D eigenvalue weighted by Gasteiger charge is -2.32. The van der Waals surface area contributed by atoms with Gasteiger partial charge >= 0.3 is 0 Å². The van der Waals surface area contributed by atoms with Crippen molar-refractivity contribution in [3.8, 4) is 5.75 Å². The topological polar surface area (TPSA) is 96.0 Å². The number of thioether (sulfide) groups is 1. The molecule has 12 heteroatoms. The summed E-state index contributed by atoms with van der Waals surface area (Å²) in [4.78, 5) is 29.3. The molecule has 0 fully saturated rings. The molecule has 42 heavy (non-hydrogen) atoms. The fourth-order valence-corrected chi connectivity index (χ4v) is 6.45. The molecule has 0 aromatic heterocycles. The van der Waals surface area contributed by atoms with Crippen LogP contribution in [0.5, 0.6) is 5.75 Å². The molecular formula is C30H35Cl2N3O5S2. The fraction of sp³-hybridized carbons (Fsp3) is 0.333. The monoisotopic (exact) mass is 651 g/mol. The molecule has 1 N–H and O–H groups in total. The SMILES string of the molecule is CCCNC(=O)[C@H](C)N(Cc1c(Cl)cccc1Cl)C(=O)CN(c1ccc(OCC)cc1)S(=O)(=O)c1ccc(SC)cc1. The van der Waals surface area contributed by atoms with Crippen molar-refractivity contribution in [3.63, 3.8) is 0 Å². The lowest BCUT2D eigenvalue weighted by atomic mass is 10.1. The van der Waals surface area contributed by atoms with Crippen molar-refractivity contribution in [1.82, 2.24) is 10.2 Å². The van der Waals surface area contributed by atoms with Gasteiger partial charge in [-0.25, -0.2) is 8.42 Å². The number of sulfonamides is 1. The lowest BCUT2D eigenvalue weighted by molar-refractivity contribution is -0.139. The second-order valence-electron chi connectivity index (χ2n) is 9.30. The zero-order chi connectivity index (χ0) is 30.9. The van der Waals surface area contributed by atoms with Gasteiger partial charge in [0.05, 0.1) is 17.2 Å². The summed E-state index contributed by atoms with van der Waals surface area (Å²) in [5.41, 5.74) is 0.715. The number of nitrogens with one attached hydrogen (secondary N) is 1. The van der Waals surface area contributed by atoms with Gasteiger partial charge in [0.1, 0.15) is 18.3 Å². The van der Waals surface area contributed by atoms with Crippen molar-refractivity contribution >= 4 is 62.5 Å². The minimum atomic E-state index is -4.20. The van der Waals surface area contributed by atoms with E-state index in [9.17, 15) is 18.0 Å². The van der Waals surface area contributed by atoms with Gasteiger partial charge in [-0.15, -0.1) is 11.8 Å². The van der Waals surface area contributed by atoms with Crippen LogP contribution >= 0.6 is 35.0 Å². The Morgan fingerprint density at radius 3 is 2.14 bits per heavy atom. The average molecular weight is 653 g/mol. The van der Waals surface area contributed by atoms with E-state index in [0.717, 1.165) is 9.20 Å². The van der Waals surface area contributed by atoms with Crippen LogP contribution in [0.2, 0.25) is 10.0 Å². The van der Waals surface area contributed by atoms with E-state index in [-0.39, 0.29) is 23.0 Å². The van der Waals surface area contributed by atoms with E-state index in [1.807, 2.05) is 20.1 Å². The standard InChI is InChI=1S/C30H35Cl2N3O5S2/c1-5-18-33-30(37)21(3)34(19-26-27(31)8-7-9-28(26)32)29(36)20-35(22-10-12-23(13-11-22)40-6-2)42(38,39)25-16-14-24(41-4)15-17-25/h7-17,21H,5-6,18-20H2,1-4H3,(H,33,37)/t21-/m0/s1. The molecule has 0 heterocycles. The molecule has 0 spiro atoms. The molecule has 0 saturated carbocycles. The molecular weight excluding hydrogens is 617 g/mol. The van der Waals surface area contributed by atoms with Gasteiger partial charge in [0.2, 0.25) is 11.8 Å². The number of halogens is 2. The molecule has 0 radical (unpaired) electrons. The summed E-state index contributed by atoms with van der Waals surface area (Å²) in [5, 5.41) is 3.46. The van der Waals surface area contributed by atoms with E-state index in [1.54, 1.807) is 61.5 Å². The van der Waals surface area contributed by atoms with Gasteiger partial charge in [-0.05, 0) is 87.2 Å². The van der Waals surface area contributed by atoms with Crippen molar-refractivity contribution in [3.05, 3.63) is 82.3 Å². The third-order valence-corrected chi connectivity index (χ3v) is 9.71. The first-order valence-electron chi connectivity index (χ1n) is 13.4. The second-order valence-corrected chi connectivity index (χ2v) is 12.9. The van der Waals surface area contributed by atoms with Crippen LogP contribution in [-0.2, 0) is 26.2 Å². The van der Waals surface area contributed by atoms with E-state index in [2.05, 4.69) is 5.32 Å². The van der Waals surface area contributed by atoms with Crippen molar-refractivity contribution in [1.29, 1.82) is 0 Å². The molecule has 0 aliphatic heterocycles. The second kappa shape index (κ2) is 15.5. The molecule has 2 amide bonds. The number of rotatable bonds is 14. The predicted molar refractivity (Wildman–Crippen MR) is 170 cm³/mol. The van der Waals surface area contributed by atoms with E-state index in [0.29, 0.717) is 40.9 Å². The maximum absolute atomic E-state index is 14.0. The number of ether oxygens (including phenoxy) is 1. The number of anilines is 1. The number of amides is 2. The molecule has 0 saturated heterocycles. The summed E-state index contributed by atoms with van der Waals surface area (Å²) in [6.45, 7) is 5.55. The van der Waals surface area contributed by atoms with Gasteiger partial charge in [-0.3, -0.25) is 13.9 Å². The Hall–Kier alpha value is -2.92. The summed E-state index contributed by atoms with van der Waals surface area (Å²) < 4.78 is 34.6. The average Bonchev–Trinajstić information content (AvgIpc) is 2.98. The van der Waals surface area contributed by atoms with Crippen LogP contribution in [0, 0.1) is 0 Å². The van der Waals surface area contributed by atoms with E-state index in [1.165, 1.54) is 28.8 Å². The smallest absolute Gasteiger partial charge is 0.264 e. The van der Waals surface area contributed by atoms with Crippen LogP contribution in [0.4, 0.5) is 5.69 Å². The first kappa shape index (κ1) is 33.6. The van der Waals surface area contributed by atoms with E-state index in [4.69, 9.17) is 27.9 Å². The highest BCUT2D eigenvalue weighted by Crippen LogP contribution is 2.29. The van der Waals surface area contributed by atoms with E-state index >= 15 is 0 Å². The molecule has 0 aliphatic rings. The van der Waals surface area contributed by atoms with Crippen molar-refractivity contribution in [2.45, 2.75) is 49.6 Å². The van der Waals surface area contributed by atoms with Gasteiger partial charge < -0.3 is 15.0 Å². The highest BCUT2D eigenvalue weighted by Gasteiger charge is 2.33. The maximum atomic E-state index is 14.0. The third kappa shape index (κ3) is 8.34. The van der Waals surface area contributed by atoms with Crippen LogP contribution in [0.1, 0.15) is 32.8 Å². The largest absolute Gasteiger partial charge is 0.494 e. The van der Waals surface area contributed by atoms with Gasteiger partial charge in [-0.2, -0.15) is 0 Å². The van der Waals surface area contributed by atoms with Crippen LogP contribution in [0.15, 0.2) is 76.5 Å². The van der Waals surface area contributed by atoms with Crippen molar-refractivity contribution in [2.24, 2.45) is 0 Å². The number of hydrogen-bond acceptors (Lipinski definition) is 6. The zero-order valence-corrected chi connectivity index (χ0v) is 27.1. The van der Waals surface area contributed by atoms with Crippen LogP contribution in [-0.4, -0.2) is 57.1 Å². The van der Waals surface area contributed by atoms with Crippen LogP contribution < -0.4 is 14.4 Å². The molecule has 0 aliphatic carbocycles. The zero-order valence-electron chi connectivity index (χ0n) is 24.0. The van der Waals surface area contributed by atoms with Gasteiger partial charge in [0.25, 0.3) is 10.0 Å². The lowest BCUT2D eigenvalue weighted by Crippen LogP contribution is -2.51. The molecule has 3 aromatic carbocycles. The van der Waals surface area contributed by atoms with Gasteiger partial charge in [0.15, 0.2) is 0 Å². The number of benzene rings is 3.